The summed E-state index contributed by atoms with van der Waals surface area (Å²) in [5, 5.41) is 4.99. The van der Waals surface area contributed by atoms with Gasteiger partial charge in [0, 0.05) is 33.5 Å². The molecule has 12 aromatic rings. The summed E-state index contributed by atoms with van der Waals surface area (Å²) < 4.78 is 2.38. The summed E-state index contributed by atoms with van der Waals surface area (Å²) in [5.41, 5.74) is 18.8. The molecular formula is C64H44N2. The van der Waals surface area contributed by atoms with Crippen LogP contribution >= 0.6 is 0 Å². The average Bonchev–Trinajstić information content (AvgIpc) is 3.74. The Morgan fingerprint density at radius 3 is 1.26 bits per heavy atom. The predicted molar refractivity (Wildman–Crippen MR) is 280 cm³/mol. The number of anilines is 3. The molecule has 66 heavy (non-hydrogen) atoms. The smallest absolute Gasteiger partial charge is 0.0541 e. The van der Waals surface area contributed by atoms with Crippen LogP contribution in [0.25, 0.3) is 93.9 Å². The Morgan fingerprint density at radius 1 is 0.242 bits per heavy atom. The van der Waals surface area contributed by atoms with Gasteiger partial charge in [0.1, 0.15) is 0 Å². The van der Waals surface area contributed by atoms with E-state index in [0.29, 0.717) is 0 Å². The number of hydrogen-bond donors (Lipinski definition) is 0. The molecule has 0 amide bonds. The highest BCUT2D eigenvalue weighted by atomic mass is 15.1. The van der Waals surface area contributed by atoms with Crippen LogP contribution in [0.4, 0.5) is 17.1 Å². The molecule has 0 saturated carbocycles. The third-order valence-electron chi connectivity index (χ3n) is 13.0. The molecule has 0 aliphatic heterocycles. The van der Waals surface area contributed by atoms with Crippen molar-refractivity contribution in [1.82, 2.24) is 4.57 Å². The Hall–Kier alpha value is -8.72. The van der Waals surface area contributed by atoms with Crippen LogP contribution in [0, 0.1) is 0 Å². The highest BCUT2D eigenvalue weighted by molar-refractivity contribution is 6.09. The largest absolute Gasteiger partial charge is 0.310 e. The number of para-hydroxylation sites is 2. The van der Waals surface area contributed by atoms with Gasteiger partial charge >= 0.3 is 0 Å². The first-order valence-electron chi connectivity index (χ1n) is 22.7. The van der Waals surface area contributed by atoms with E-state index in [2.05, 4.69) is 276 Å². The van der Waals surface area contributed by atoms with Crippen molar-refractivity contribution in [3.63, 3.8) is 0 Å². The third kappa shape index (κ3) is 6.93. The second-order valence-corrected chi connectivity index (χ2v) is 16.8. The van der Waals surface area contributed by atoms with Crippen LogP contribution in [-0.4, -0.2) is 4.57 Å². The molecule has 0 N–H and O–H groups in total. The summed E-state index contributed by atoms with van der Waals surface area (Å²) in [6.45, 7) is 0. The summed E-state index contributed by atoms with van der Waals surface area (Å²) in [6.07, 6.45) is 0. The van der Waals surface area contributed by atoms with E-state index in [1.807, 2.05) is 0 Å². The fourth-order valence-electron chi connectivity index (χ4n) is 9.99. The normalized spacial score (nSPS) is 11.3. The summed E-state index contributed by atoms with van der Waals surface area (Å²) in [7, 11) is 0. The van der Waals surface area contributed by atoms with Gasteiger partial charge in [0.05, 0.1) is 11.0 Å². The van der Waals surface area contributed by atoms with Gasteiger partial charge in [0.2, 0.25) is 0 Å². The van der Waals surface area contributed by atoms with E-state index in [1.54, 1.807) is 0 Å². The van der Waals surface area contributed by atoms with Crippen LogP contribution in [0.2, 0.25) is 0 Å². The summed E-state index contributed by atoms with van der Waals surface area (Å²) in [5.74, 6) is 0. The maximum absolute atomic E-state index is 2.38. The molecule has 310 valence electrons. The molecule has 2 heteroatoms. The van der Waals surface area contributed by atoms with E-state index in [9.17, 15) is 0 Å². The quantitative estimate of drug-likeness (QED) is 0.141. The second-order valence-electron chi connectivity index (χ2n) is 16.8. The monoisotopic (exact) mass is 840 g/mol. The van der Waals surface area contributed by atoms with E-state index in [4.69, 9.17) is 0 Å². The summed E-state index contributed by atoms with van der Waals surface area (Å²) >= 11 is 0. The van der Waals surface area contributed by atoms with Crippen molar-refractivity contribution in [2.45, 2.75) is 0 Å². The van der Waals surface area contributed by atoms with Gasteiger partial charge in [-0.3, -0.25) is 0 Å². The van der Waals surface area contributed by atoms with Gasteiger partial charge in [-0.05, 0) is 127 Å². The van der Waals surface area contributed by atoms with Gasteiger partial charge in [-0.1, -0.05) is 206 Å². The van der Waals surface area contributed by atoms with E-state index in [1.165, 1.54) is 82.6 Å². The van der Waals surface area contributed by atoms with Gasteiger partial charge in [-0.25, -0.2) is 0 Å². The molecule has 0 aliphatic carbocycles. The maximum Gasteiger partial charge on any atom is 0.0541 e. The minimum Gasteiger partial charge on any atom is -0.310 e. The Bertz CT molecular complexity index is 3630. The number of hydrogen-bond acceptors (Lipinski definition) is 1. The SMILES string of the molecule is c1ccc(-c2ccccc2-c2ccccc2-c2ccccc2-c2ccc(N(c3ccc(-n4c5ccccc5c5ccccc54)cc3)c3cccc(-c4cccc5ccccc45)c3)cc2)cc1. The Morgan fingerprint density at radius 2 is 0.652 bits per heavy atom. The average molecular weight is 841 g/mol. The van der Waals surface area contributed by atoms with Gasteiger partial charge in [-0.15, -0.1) is 0 Å². The van der Waals surface area contributed by atoms with Gasteiger partial charge in [0.15, 0.2) is 0 Å². The van der Waals surface area contributed by atoms with Crippen LogP contribution in [0.15, 0.2) is 267 Å². The standard InChI is InChI=1S/C64H44N2/c1-2-18-45(19-3-1)54-25-6-8-27-57(54)59-29-10-11-30-60(59)58-28-9-7-26-55(58)47-36-38-49(39-37-47)65(52-23-16-22-48(44-52)56-33-17-21-46-20-4-5-24-53(46)56)50-40-42-51(43-41-50)66-63-34-14-12-31-61(63)62-32-13-15-35-64(62)66/h1-44H. The summed E-state index contributed by atoms with van der Waals surface area (Å²) in [4.78, 5) is 2.38. The van der Waals surface area contributed by atoms with Crippen molar-refractivity contribution in [2.24, 2.45) is 0 Å². The molecule has 0 unspecified atom stereocenters. The van der Waals surface area contributed by atoms with Gasteiger partial charge in [-0.2, -0.15) is 0 Å². The lowest BCUT2D eigenvalue weighted by Crippen LogP contribution is -2.10. The number of benzene rings is 11. The molecule has 2 nitrogen and oxygen atoms in total. The van der Waals surface area contributed by atoms with Crippen molar-refractivity contribution in [3.8, 4) is 61.3 Å². The molecule has 0 spiro atoms. The third-order valence-corrected chi connectivity index (χ3v) is 13.0. The fourth-order valence-corrected chi connectivity index (χ4v) is 9.99. The molecule has 1 aromatic heterocycles. The molecule has 0 fully saturated rings. The minimum atomic E-state index is 1.08. The van der Waals surface area contributed by atoms with Crippen LogP contribution in [0.1, 0.15) is 0 Å². The van der Waals surface area contributed by atoms with Crippen LogP contribution < -0.4 is 4.90 Å². The van der Waals surface area contributed by atoms with E-state index in [0.717, 1.165) is 28.3 Å². The lowest BCUT2D eigenvalue weighted by atomic mass is 9.87. The number of aromatic nitrogens is 1. The molecule has 0 atom stereocenters. The van der Waals surface area contributed by atoms with Crippen molar-refractivity contribution in [1.29, 1.82) is 0 Å². The molecule has 0 radical (unpaired) electrons. The minimum absolute atomic E-state index is 1.08. The fraction of sp³-hybridized carbons (Fsp3) is 0. The Balaban J connectivity index is 0.967. The van der Waals surface area contributed by atoms with Crippen LogP contribution in [-0.2, 0) is 0 Å². The second kappa shape index (κ2) is 16.8. The lowest BCUT2D eigenvalue weighted by molar-refractivity contribution is 1.17. The van der Waals surface area contributed by atoms with E-state index in [-0.39, 0.29) is 0 Å². The maximum atomic E-state index is 2.38. The number of fused-ring (bicyclic) bond motifs is 4. The first-order chi connectivity index (χ1) is 32.8. The zero-order valence-electron chi connectivity index (χ0n) is 36.3. The lowest BCUT2D eigenvalue weighted by Gasteiger charge is -2.27. The van der Waals surface area contributed by atoms with E-state index >= 15 is 0 Å². The van der Waals surface area contributed by atoms with Crippen LogP contribution in [0.5, 0.6) is 0 Å². The van der Waals surface area contributed by atoms with Crippen molar-refractivity contribution in [2.75, 3.05) is 4.90 Å². The Labute approximate surface area is 385 Å². The molecular weight excluding hydrogens is 797 g/mol. The predicted octanol–water partition coefficient (Wildman–Crippen LogP) is 17.7. The van der Waals surface area contributed by atoms with Crippen molar-refractivity contribution < 1.29 is 0 Å². The van der Waals surface area contributed by atoms with Gasteiger partial charge < -0.3 is 9.47 Å². The number of nitrogens with zero attached hydrogens (tertiary/aromatic N) is 2. The molecule has 0 saturated heterocycles. The molecule has 1 heterocycles. The van der Waals surface area contributed by atoms with Crippen molar-refractivity contribution >= 4 is 49.6 Å². The summed E-state index contributed by atoms with van der Waals surface area (Å²) in [6, 6.07) is 96.8. The van der Waals surface area contributed by atoms with Gasteiger partial charge in [0.25, 0.3) is 0 Å². The topological polar surface area (TPSA) is 8.17 Å². The van der Waals surface area contributed by atoms with Crippen LogP contribution in [0.3, 0.4) is 0 Å². The molecule has 0 aliphatic rings. The molecule has 0 bridgehead atoms. The Kier molecular flexibility index (Phi) is 9.89. The molecule has 11 aromatic carbocycles. The molecule has 12 rings (SSSR count). The van der Waals surface area contributed by atoms with Crippen molar-refractivity contribution in [3.05, 3.63) is 267 Å². The highest BCUT2D eigenvalue weighted by Gasteiger charge is 2.19. The number of rotatable bonds is 9. The zero-order valence-corrected chi connectivity index (χ0v) is 36.3. The highest BCUT2D eigenvalue weighted by Crippen LogP contribution is 2.44. The van der Waals surface area contributed by atoms with E-state index < -0.39 is 0 Å². The first-order valence-corrected chi connectivity index (χ1v) is 22.7. The zero-order chi connectivity index (χ0) is 43.8. The first kappa shape index (κ1) is 38.9.